The number of halogens is 1. The lowest BCUT2D eigenvalue weighted by Gasteiger charge is -1.97. The Kier molecular flexibility index (Phi) is 3.23. The molecule has 1 unspecified atom stereocenters. The molecule has 0 aliphatic rings. The third kappa shape index (κ3) is 2.90. The summed E-state index contributed by atoms with van der Waals surface area (Å²) in [5.41, 5.74) is 0. The minimum absolute atomic E-state index is 0.910. The molecule has 7 heteroatoms. The molecule has 0 rings (SSSR count). The van der Waals surface area contributed by atoms with Crippen molar-refractivity contribution in [1.82, 2.24) is 0 Å². The summed E-state index contributed by atoms with van der Waals surface area (Å²) >= 11 is 0. The Morgan fingerprint density at radius 2 is 1.90 bits per heavy atom. The number of nitrogens with zero attached hydrogens (tertiary/aromatic N) is 2. The third-order valence-electron chi connectivity index (χ3n) is 0.836. The van der Waals surface area contributed by atoms with Crippen LogP contribution in [0.1, 0.15) is 0 Å². The lowest BCUT2D eigenvalue weighted by molar-refractivity contribution is -0.588. The Labute approximate surface area is 54.9 Å². The van der Waals surface area contributed by atoms with Gasteiger partial charge in [0.15, 0.2) is 6.67 Å². The molecule has 10 heavy (non-hydrogen) atoms. The predicted octanol–water partition coefficient (Wildman–Crippen LogP) is -0.122. The zero-order valence-electron chi connectivity index (χ0n) is 4.90. The van der Waals surface area contributed by atoms with Crippen molar-refractivity contribution in [1.29, 1.82) is 0 Å². The van der Waals surface area contributed by atoms with E-state index in [4.69, 9.17) is 0 Å². The Morgan fingerprint density at radius 1 is 1.40 bits per heavy atom. The molecule has 58 valence electrons. The Balaban J connectivity index is 3.83. The Hall–Kier alpha value is -1.27. The van der Waals surface area contributed by atoms with Crippen LogP contribution in [0.25, 0.3) is 0 Å². The van der Waals surface area contributed by atoms with Crippen molar-refractivity contribution >= 4 is 0 Å². The number of rotatable bonds is 4. The van der Waals surface area contributed by atoms with E-state index >= 15 is 0 Å². The molecule has 0 saturated heterocycles. The standard InChI is InChI=1S/C3H5FN2O4/c4-1-3(6(9)10)2-5(7)8/h3H,1-2H2. The molecule has 0 aliphatic carbocycles. The van der Waals surface area contributed by atoms with Crippen LogP contribution in [0, 0.1) is 20.2 Å². The molecule has 6 nitrogen and oxygen atoms in total. The van der Waals surface area contributed by atoms with Crippen LogP contribution in [0.5, 0.6) is 0 Å². The van der Waals surface area contributed by atoms with E-state index in [9.17, 15) is 24.6 Å². The first-order valence-corrected chi connectivity index (χ1v) is 2.39. The summed E-state index contributed by atoms with van der Waals surface area (Å²) in [6.07, 6.45) is 0. The first-order valence-electron chi connectivity index (χ1n) is 2.39. The van der Waals surface area contributed by atoms with Crippen molar-refractivity contribution < 1.29 is 14.2 Å². The average Bonchev–Trinajstić information content (AvgIpc) is 1.81. The number of alkyl halides is 1. The second kappa shape index (κ2) is 3.70. The second-order valence-corrected chi connectivity index (χ2v) is 1.61. The van der Waals surface area contributed by atoms with Gasteiger partial charge >= 0.3 is 6.04 Å². The molecule has 0 aliphatic heterocycles. The van der Waals surface area contributed by atoms with Gasteiger partial charge < -0.3 is 0 Å². The minimum atomic E-state index is -1.70. The zero-order chi connectivity index (χ0) is 8.15. The first kappa shape index (κ1) is 8.73. The topological polar surface area (TPSA) is 86.3 Å². The Morgan fingerprint density at radius 3 is 2.00 bits per heavy atom. The second-order valence-electron chi connectivity index (χ2n) is 1.61. The van der Waals surface area contributed by atoms with Gasteiger partial charge in [0.2, 0.25) is 0 Å². The Bertz CT molecular complexity index is 149. The number of hydrogen-bond donors (Lipinski definition) is 0. The van der Waals surface area contributed by atoms with Crippen LogP contribution in [0.15, 0.2) is 0 Å². The van der Waals surface area contributed by atoms with Crippen molar-refractivity contribution in [2.45, 2.75) is 6.04 Å². The predicted molar refractivity (Wildman–Crippen MR) is 28.6 cm³/mol. The summed E-state index contributed by atoms with van der Waals surface area (Å²) in [7, 11) is 0. The smallest absolute Gasteiger partial charge is 0.264 e. The number of nitro groups is 2. The fraction of sp³-hybridized carbons (Fsp3) is 1.00. The van der Waals surface area contributed by atoms with Crippen molar-refractivity contribution in [3.05, 3.63) is 20.2 Å². The highest BCUT2D eigenvalue weighted by molar-refractivity contribution is 4.49. The molecule has 1 atom stereocenters. The third-order valence-corrected chi connectivity index (χ3v) is 0.836. The maximum Gasteiger partial charge on any atom is 0.303 e. The monoisotopic (exact) mass is 152 g/mol. The quantitative estimate of drug-likeness (QED) is 0.415. The van der Waals surface area contributed by atoms with Crippen LogP contribution in [-0.4, -0.2) is 29.1 Å². The van der Waals surface area contributed by atoms with Gasteiger partial charge in [-0.3, -0.25) is 20.2 Å². The summed E-state index contributed by atoms with van der Waals surface area (Å²) < 4.78 is 11.5. The van der Waals surface area contributed by atoms with Gasteiger partial charge in [-0.2, -0.15) is 0 Å². The van der Waals surface area contributed by atoms with Gasteiger partial charge in [-0.1, -0.05) is 0 Å². The van der Waals surface area contributed by atoms with Crippen LogP contribution in [0.4, 0.5) is 4.39 Å². The highest BCUT2D eigenvalue weighted by Gasteiger charge is 2.25. The molecule has 0 heterocycles. The summed E-state index contributed by atoms with van der Waals surface area (Å²) in [6.45, 7) is -2.25. The molecule has 0 bridgehead atoms. The zero-order valence-corrected chi connectivity index (χ0v) is 4.90. The fourth-order valence-electron chi connectivity index (χ4n) is 0.344. The van der Waals surface area contributed by atoms with Gasteiger partial charge in [0.05, 0.1) is 0 Å². The molecule has 0 radical (unpaired) electrons. The van der Waals surface area contributed by atoms with Crippen LogP contribution in [0.3, 0.4) is 0 Å². The van der Waals surface area contributed by atoms with E-state index in [-0.39, 0.29) is 0 Å². The molecule has 0 aromatic heterocycles. The molecule has 0 fully saturated rings. The fourth-order valence-corrected chi connectivity index (χ4v) is 0.344. The maximum absolute atomic E-state index is 11.5. The maximum atomic E-state index is 11.5. The normalized spacial score (nSPS) is 12.5. The van der Waals surface area contributed by atoms with Gasteiger partial charge in [0.1, 0.15) is 0 Å². The van der Waals surface area contributed by atoms with E-state index in [1.54, 1.807) is 0 Å². The molecular formula is C3H5FN2O4. The molecule has 0 aromatic carbocycles. The van der Waals surface area contributed by atoms with E-state index in [1.165, 1.54) is 0 Å². The van der Waals surface area contributed by atoms with Gasteiger partial charge in [-0.15, -0.1) is 0 Å². The van der Waals surface area contributed by atoms with E-state index in [2.05, 4.69) is 0 Å². The van der Waals surface area contributed by atoms with Gasteiger partial charge in [0, 0.05) is 9.85 Å². The lowest BCUT2D eigenvalue weighted by Crippen LogP contribution is -2.30. The molecule has 0 amide bonds. The van der Waals surface area contributed by atoms with E-state index in [1.807, 2.05) is 0 Å². The van der Waals surface area contributed by atoms with Gasteiger partial charge in [-0.25, -0.2) is 4.39 Å². The van der Waals surface area contributed by atoms with Crippen molar-refractivity contribution in [2.75, 3.05) is 13.2 Å². The molecule has 0 saturated carbocycles. The van der Waals surface area contributed by atoms with Gasteiger partial charge in [-0.05, 0) is 0 Å². The highest BCUT2D eigenvalue weighted by atomic mass is 19.1. The van der Waals surface area contributed by atoms with Crippen LogP contribution < -0.4 is 0 Å². The largest absolute Gasteiger partial charge is 0.303 e. The minimum Gasteiger partial charge on any atom is -0.264 e. The molecule has 0 spiro atoms. The molecule has 0 aromatic rings. The molecular weight excluding hydrogens is 147 g/mol. The van der Waals surface area contributed by atoms with Crippen LogP contribution >= 0.6 is 0 Å². The van der Waals surface area contributed by atoms with Gasteiger partial charge in [0.25, 0.3) is 6.54 Å². The van der Waals surface area contributed by atoms with Crippen molar-refractivity contribution in [3.8, 4) is 0 Å². The lowest BCUT2D eigenvalue weighted by atomic mass is 10.3. The summed E-state index contributed by atoms with van der Waals surface area (Å²) in [6, 6.07) is -1.70. The van der Waals surface area contributed by atoms with E-state index in [0.29, 0.717) is 0 Å². The van der Waals surface area contributed by atoms with Crippen LogP contribution in [0.2, 0.25) is 0 Å². The summed E-state index contributed by atoms with van der Waals surface area (Å²) in [4.78, 5) is 17.4. The van der Waals surface area contributed by atoms with E-state index in [0.717, 1.165) is 0 Å². The van der Waals surface area contributed by atoms with E-state index < -0.39 is 29.1 Å². The first-order chi connectivity index (χ1) is 4.57. The number of hydrogen-bond acceptors (Lipinski definition) is 4. The van der Waals surface area contributed by atoms with Crippen LogP contribution in [-0.2, 0) is 0 Å². The molecule has 0 N–H and O–H groups in total. The highest BCUT2D eigenvalue weighted by Crippen LogP contribution is 1.91. The summed E-state index contributed by atoms with van der Waals surface area (Å²) in [5.74, 6) is 0. The van der Waals surface area contributed by atoms with Crippen molar-refractivity contribution in [2.24, 2.45) is 0 Å². The average molecular weight is 152 g/mol. The SMILES string of the molecule is O=[N+]([O-])CC(CF)[N+](=O)[O-]. The summed E-state index contributed by atoms with van der Waals surface area (Å²) in [5, 5.41) is 19.3. The van der Waals surface area contributed by atoms with Crippen molar-refractivity contribution in [3.63, 3.8) is 0 Å².